The van der Waals surface area contributed by atoms with Crippen LogP contribution in [0.2, 0.25) is 0 Å². The van der Waals surface area contributed by atoms with Gasteiger partial charge < -0.3 is 5.11 Å². The van der Waals surface area contributed by atoms with Gasteiger partial charge in [0.25, 0.3) is 0 Å². The maximum Gasteiger partial charge on any atom is 0.156 e. The van der Waals surface area contributed by atoms with E-state index in [2.05, 4.69) is 15.9 Å². The van der Waals surface area contributed by atoms with Gasteiger partial charge >= 0.3 is 0 Å². The van der Waals surface area contributed by atoms with E-state index in [4.69, 9.17) is 0 Å². The summed E-state index contributed by atoms with van der Waals surface area (Å²) in [5.74, 6) is 0.210. The van der Waals surface area contributed by atoms with E-state index >= 15 is 0 Å². The number of hydrogen-bond donors (Lipinski definition) is 1. The molecule has 1 aromatic heterocycles. The first-order chi connectivity index (χ1) is 7.50. The van der Waals surface area contributed by atoms with Crippen molar-refractivity contribution in [3.8, 4) is 0 Å². The fourth-order valence-electron chi connectivity index (χ4n) is 2.00. The minimum atomic E-state index is -3.12. The molecule has 0 radical (unpaired) electrons. The highest BCUT2D eigenvalue weighted by Gasteiger charge is 2.35. The molecule has 0 saturated carbocycles. The number of aliphatic hydroxyl groups is 1. The quantitative estimate of drug-likeness (QED) is 0.909. The lowest BCUT2D eigenvalue weighted by Gasteiger charge is -2.25. The average molecular weight is 325 g/mol. The van der Waals surface area contributed by atoms with E-state index in [0.29, 0.717) is 6.42 Å². The van der Waals surface area contributed by atoms with E-state index in [0.717, 1.165) is 21.5 Å². The molecule has 16 heavy (non-hydrogen) atoms. The molecule has 1 aliphatic rings. The first-order valence-corrected chi connectivity index (χ1v) is 8.48. The van der Waals surface area contributed by atoms with Crippen molar-refractivity contribution >= 4 is 37.1 Å². The van der Waals surface area contributed by atoms with Gasteiger partial charge in [0.2, 0.25) is 0 Å². The smallest absolute Gasteiger partial charge is 0.156 e. The standard InChI is InChI=1S/C10H13BrO3S2/c11-9-5-4-7(15-9)10(12)8-3-1-2-6-16(8,13)14/h4-5,8,10,12H,1-3,6H2. The lowest BCUT2D eigenvalue weighted by atomic mass is 10.1. The third kappa shape index (κ3) is 2.50. The van der Waals surface area contributed by atoms with Crippen molar-refractivity contribution in [2.75, 3.05) is 5.75 Å². The predicted octanol–water partition coefficient (Wildman–Crippen LogP) is 2.51. The molecule has 1 fully saturated rings. The van der Waals surface area contributed by atoms with E-state index in [-0.39, 0.29) is 5.75 Å². The zero-order valence-electron chi connectivity index (χ0n) is 8.60. The molecule has 0 aromatic carbocycles. The molecule has 0 amide bonds. The first-order valence-electron chi connectivity index (χ1n) is 5.15. The van der Waals surface area contributed by atoms with Crippen molar-refractivity contribution in [1.82, 2.24) is 0 Å². The Bertz CT molecular complexity index is 466. The van der Waals surface area contributed by atoms with Gasteiger partial charge in [-0.15, -0.1) is 11.3 Å². The largest absolute Gasteiger partial charge is 0.386 e. The SMILES string of the molecule is O=S1(=O)CCCCC1C(O)c1ccc(Br)s1. The van der Waals surface area contributed by atoms with Crippen LogP contribution in [0.5, 0.6) is 0 Å². The van der Waals surface area contributed by atoms with E-state index < -0.39 is 21.2 Å². The van der Waals surface area contributed by atoms with Gasteiger partial charge in [-0.3, -0.25) is 0 Å². The van der Waals surface area contributed by atoms with E-state index in [1.165, 1.54) is 11.3 Å². The zero-order chi connectivity index (χ0) is 11.8. The molecule has 1 aliphatic heterocycles. The van der Waals surface area contributed by atoms with Crippen LogP contribution in [0.15, 0.2) is 15.9 Å². The van der Waals surface area contributed by atoms with Crippen LogP contribution in [0, 0.1) is 0 Å². The topological polar surface area (TPSA) is 54.4 Å². The molecule has 3 nitrogen and oxygen atoms in total. The van der Waals surface area contributed by atoms with E-state index in [9.17, 15) is 13.5 Å². The Labute approximate surface area is 108 Å². The fraction of sp³-hybridized carbons (Fsp3) is 0.600. The van der Waals surface area contributed by atoms with Crippen LogP contribution in [-0.2, 0) is 9.84 Å². The second-order valence-electron chi connectivity index (χ2n) is 3.99. The van der Waals surface area contributed by atoms with Gasteiger partial charge in [0.15, 0.2) is 9.84 Å². The molecule has 2 unspecified atom stereocenters. The summed E-state index contributed by atoms with van der Waals surface area (Å²) in [6.45, 7) is 0. The first kappa shape index (κ1) is 12.5. The molecule has 2 atom stereocenters. The number of halogens is 1. The van der Waals surface area contributed by atoms with Crippen LogP contribution < -0.4 is 0 Å². The van der Waals surface area contributed by atoms with Crippen molar-refractivity contribution in [2.45, 2.75) is 30.6 Å². The summed E-state index contributed by atoms with van der Waals surface area (Å²) in [5.41, 5.74) is 0. The van der Waals surface area contributed by atoms with Gasteiger partial charge in [-0.1, -0.05) is 6.42 Å². The van der Waals surface area contributed by atoms with Crippen LogP contribution in [0.3, 0.4) is 0 Å². The van der Waals surface area contributed by atoms with Crippen LogP contribution >= 0.6 is 27.3 Å². The summed E-state index contributed by atoms with van der Waals surface area (Å²) in [6.07, 6.45) is 1.30. The summed E-state index contributed by atoms with van der Waals surface area (Å²) in [5, 5.41) is 9.49. The van der Waals surface area contributed by atoms with Crippen molar-refractivity contribution < 1.29 is 13.5 Å². The Morgan fingerprint density at radius 2 is 2.19 bits per heavy atom. The molecule has 1 N–H and O–H groups in total. The highest BCUT2D eigenvalue weighted by atomic mass is 79.9. The predicted molar refractivity (Wildman–Crippen MR) is 68.4 cm³/mol. The summed E-state index contributed by atoms with van der Waals surface area (Å²) in [6, 6.07) is 3.61. The lowest BCUT2D eigenvalue weighted by molar-refractivity contribution is 0.168. The third-order valence-corrected chi connectivity index (χ3v) is 6.83. The Morgan fingerprint density at radius 1 is 1.44 bits per heavy atom. The normalized spacial score (nSPS) is 26.5. The molecule has 90 valence electrons. The number of aliphatic hydroxyl groups excluding tert-OH is 1. The molecule has 1 aromatic rings. The van der Waals surface area contributed by atoms with Gasteiger partial charge in [-0.05, 0) is 40.9 Å². The zero-order valence-corrected chi connectivity index (χ0v) is 11.8. The second kappa shape index (κ2) is 4.76. The number of thiophene rings is 1. The lowest BCUT2D eigenvalue weighted by Crippen LogP contribution is -2.33. The molecule has 0 aliphatic carbocycles. The number of sulfone groups is 1. The van der Waals surface area contributed by atoms with Crippen LogP contribution in [-0.4, -0.2) is 24.5 Å². The molecule has 2 heterocycles. The second-order valence-corrected chi connectivity index (χ2v) is 8.82. The van der Waals surface area contributed by atoms with Gasteiger partial charge in [-0.25, -0.2) is 8.42 Å². The molecular weight excluding hydrogens is 312 g/mol. The van der Waals surface area contributed by atoms with Crippen LogP contribution in [0.1, 0.15) is 30.2 Å². The number of rotatable bonds is 2. The monoisotopic (exact) mass is 324 g/mol. The number of hydrogen-bond acceptors (Lipinski definition) is 4. The van der Waals surface area contributed by atoms with Gasteiger partial charge in [-0.2, -0.15) is 0 Å². The molecular formula is C10H13BrO3S2. The van der Waals surface area contributed by atoms with E-state index in [1.807, 2.05) is 6.07 Å². The minimum Gasteiger partial charge on any atom is -0.386 e. The van der Waals surface area contributed by atoms with Crippen LogP contribution in [0.4, 0.5) is 0 Å². The maximum atomic E-state index is 11.8. The van der Waals surface area contributed by atoms with Crippen LogP contribution in [0.25, 0.3) is 0 Å². The van der Waals surface area contributed by atoms with Gasteiger partial charge in [0.1, 0.15) is 6.10 Å². The Hall–Kier alpha value is 0.0900. The summed E-state index contributed by atoms with van der Waals surface area (Å²) in [4.78, 5) is 0.724. The van der Waals surface area contributed by atoms with Gasteiger partial charge in [0, 0.05) is 4.88 Å². The van der Waals surface area contributed by atoms with Crippen molar-refractivity contribution in [3.63, 3.8) is 0 Å². The molecule has 0 spiro atoms. The third-order valence-electron chi connectivity index (χ3n) is 2.87. The minimum absolute atomic E-state index is 0.210. The Balaban J connectivity index is 2.24. The van der Waals surface area contributed by atoms with Crippen molar-refractivity contribution in [2.24, 2.45) is 0 Å². The van der Waals surface area contributed by atoms with E-state index in [1.54, 1.807) is 6.07 Å². The molecule has 1 saturated heterocycles. The average Bonchev–Trinajstić information content (AvgIpc) is 2.63. The van der Waals surface area contributed by atoms with Crippen molar-refractivity contribution in [3.05, 3.63) is 20.8 Å². The Kier molecular flexibility index (Phi) is 3.73. The fourth-order valence-corrected chi connectivity index (χ4v) is 5.54. The summed E-state index contributed by atoms with van der Waals surface area (Å²) < 4.78 is 24.6. The molecule has 2 rings (SSSR count). The highest BCUT2D eigenvalue weighted by Crippen LogP contribution is 2.35. The van der Waals surface area contributed by atoms with Crippen molar-refractivity contribution in [1.29, 1.82) is 0 Å². The Morgan fingerprint density at radius 3 is 2.75 bits per heavy atom. The summed E-state index contributed by atoms with van der Waals surface area (Å²) in [7, 11) is -3.12. The molecule has 6 heteroatoms. The summed E-state index contributed by atoms with van der Waals surface area (Å²) >= 11 is 4.70. The molecule has 0 bridgehead atoms. The van der Waals surface area contributed by atoms with Gasteiger partial charge in [0.05, 0.1) is 14.8 Å². The highest BCUT2D eigenvalue weighted by molar-refractivity contribution is 9.11. The maximum absolute atomic E-state index is 11.8.